The lowest BCUT2D eigenvalue weighted by Crippen LogP contribution is -2.07. The van der Waals surface area contributed by atoms with Crippen molar-refractivity contribution in [2.75, 3.05) is 20.8 Å². The third kappa shape index (κ3) is 5.38. The summed E-state index contributed by atoms with van der Waals surface area (Å²) < 4.78 is 17.3. The fourth-order valence-corrected chi connectivity index (χ4v) is 2.98. The van der Waals surface area contributed by atoms with E-state index in [-0.39, 0.29) is 0 Å². The largest absolute Gasteiger partial charge is 0.496 e. The van der Waals surface area contributed by atoms with Crippen molar-refractivity contribution in [3.63, 3.8) is 0 Å². The molecule has 0 unspecified atom stereocenters. The van der Waals surface area contributed by atoms with E-state index < -0.39 is 0 Å². The highest BCUT2D eigenvalue weighted by atomic mass is 127. The lowest BCUT2D eigenvalue weighted by atomic mass is 10.2. The molecule has 6 heteroatoms. The van der Waals surface area contributed by atoms with Crippen LogP contribution >= 0.6 is 22.6 Å². The second kappa shape index (κ2) is 9.93. The fraction of sp³-hybridized carbons (Fsp3) is 0.211. The molecule has 2 aromatic carbocycles. The van der Waals surface area contributed by atoms with Crippen LogP contribution in [-0.2, 0) is 6.54 Å². The predicted molar refractivity (Wildman–Crippen MR) is 109 cm³/mol. The topological polar surface area (TPSA) is 52.1 Å². The van der Waals surface area contributed by atoms with Gasteiger partial charge in [0.15, 0.2) is 11.5 Å². The summed E-state index contributed by atoms with van der Waals surface area (Å²) in [5.41, 5.74) is 4.99. The molecule has 0 aromatic heterocycles. The molecule has 0 saturated carbocycles. The summed E-state index contributed by atoms with van der Waals surface area (Å²) in [5.74, 6) is 2.21. The summed E-state index contributed by atoms with van der Waals surface area (Å²) in [5, 5.41) is 4.27. The third-order valence-corrected chi connectivity index (χ3v) is 4.17. The molecule has 2 rings (SSSR count). The standard InChI is InChI=1S/C19H21IN2O3/c1-4-9-25-19-16(20)10-14(11-18(19)24-3)12-21-22-13-15-7-5-6-8-17(15)23-2/h4-8,10-12,22H,1,9,13H2,2-3H3/b21-12-. The van der Waals surface area contributed by atoms with Crippen molar-refractivity contribution in [2.24, 2.45) is 5.10 Å². The quantitative estimate of drug-likeness (QED) is 0.271. The Morgan fingerprint density at radius 2 is 1.92 bits per heavy atom. The smallest absolute Gasteiger partial charge is 0.174 e. The van der Waals surface area contributed by atoms with Gasteiger partial charge < -0.3 is 19.6 Å². The van der Waals surface area contributed by atoms with Gasteiger partial charge in [0.05, 0.1) is 30.5 Å². The molecular formula is C19H21IN2O3. The van der Waals surface area contributed by atoms with Gasteiger partial charge in [-0.1, -0.05) is 30.9 Å². The number of nitrogens with zero attached hydrogens (tertiary/aromatic N) is 1. The molecule has 0 aliphatic heterocycles. The Morgan fingerprint density at radius 3 is 2.64 bits per heavy atom. The Kier molecular flexibility index (Phi) is 7.59. The first-order chi connectivity index (χ1) is 12.2. The zero-order valence-electron chi connectivity index (χ0n) is 14.3. The molecule has 5 nitrogen and oxygen atoms in total. The lowest BCUT2D eigenvalue weighted by Gasteiger charge is -2.12. The van der Waals surface area contributed by atoms with E-state index in [0.29, 0.717) is 24.7 Å². The average Bonchev–Trinajstić information content (AvgIpc) is 2.64. The number of hydrogen-bond acceptors (Lipinski definition) is 5. The van der Waals surface area contributed by atoms with Crippen molar-refractivity contribution < 1.29 is 14.2 Å². The van der Waals surface area contributed by atoms with Crippen molar-refractivity contribution in [1.29, 1.82) is 0 Å². The Balaban J connectivity index is 2.05. The van der Waals surface area contributed by atoms with Crippen LogP contribution < -0.4 is 19.6 Å². The van der Waals surface area contributed by atoms with E-state index in [4.69, 9.17) is 14.2 Å². The lowest BCUT2D eigenvalue weighted by molar-refractivity contribution is 0.324. The summed E-state index contributed by atoms with van der Waals surface area (Å²) in [7, 11) is 3.28. The van der Waals surface area contributed by atoms with Crippen LogP contribution in [0, 0.1) is 3.57 Å². The number of halogens is 1. The number of methoxy groups -OCH3 is 2. The summed E-state index contributed by atoms with van der Waals surface area (Å²) in [6, 6.07) is 11.7. The molecule has 1 N–H and O–H groups in total. The number of ether oxygens (including phenoxy) is 3. The molecule has 0 heterocycles. The molecule has 25 heavy (non-hydrogen) atoms. The van der Waals surface area contributed by atoms with Crippen LogP contribution in [-0.4, -0.2) is 27.0 Å². The molecule has 0 spiro atoms. The van der Waals surface area contributed by atoms with Crippen LogP contribution in [0.3, 0.4) is 0 Å². The Labute approximate surface area is 161 Å². The van der Waals surface area contributed by atoms with Crippen molar-refractivity contribution in [3.8, 4) is 17.2 Å². The van der Waals surface area contributed by atoms with E-state index in [2.05, 4.69) is 39.7 Å². The second-order valence-corrected chi connectivity index (χ2v) is 6.20. The van der Waals surface area contributed by atoms with Gasteiger partial charge in [-0.25, -0.2) is 0 Å². The molecule has 132 valence electrons. The molecule has 0 aliphatic carbocycles. The number of benzene rings is 2. The van der Waals surface area contributed by atoms with Gasteiger partial charge in [-0.2, -0.15) is 5.10 Å². The first-order valence-corrected chi connectivity index (χ1v) is 8.76. The maximum atomic E-state index is 5.65. The van der Waals surface area contributed by atoms with Gasteiger partial charge in [0.2, 0.25) is 0 Å². The van der Waals surface area contributed by atoms with Gasteiger partial charge >= 0.3 is 0 Å². The molecular weight excluding hydrogens is 431 g/mol. The zero-order chi connectivity index (χ0) is 18.1. The van der Waals surface area contributed by atoms with E-state index in [1.165, 1.54) is 0 Å². The monoisotopic (exact) mass is 452 g/mol. The Hall–Kier alpha value is -2.22. The number of hydrogen-bond donors (Lipinski definition) is 1. The highest BCUT2D eigenvalue weighted by Crippen LogP contribution is 2.33. The van der Waals surface area contributed by atoms with Crippen LogP contribution in [0.1, 0.15) is 11.1 Å². The van der Waals surface area contributed by atoms with Crippen LogP contribution in [0.2, 0.25) is 0 Å². The van der Waals surface area contributed by atoms with Crippen LogP contribution in [0.4, 0.5) is 0 Å². The Bertz CT molecular complexity index is 747. The van der Waals surface area contributed by atoms with Gasteiger partial charge in [-0.3, -0.25) is 0 Å². The molecule has 0 bridgehead atoms. The molecule has 0 aliphatic rings. The van der Waals surface area contributed by atoms with Crippen LogP contribution in [0.15, 0.2) is 54.2 Å². The van der Waals surface area contributed by atoms with Crippen molar-refractivity contribution >= 4 is 28.8 Å². The van der Waals surface area contributed by atoms with Crippen molar-refractivity contribution in [2.45, 2.75) is 6.54 Å². The molecule has 0 atom stereocenters. The highest BCUT2D eigenvalue weighted by molar-refractivity contribution is 14.1. The predicted octanol–water partition coefficient (Wildman–Crippen LogP) is 4.00. The SMILES string of the molecule is C=CCOc1c(I)cc(/C=N\NCc2ccccc2OC)cc1OC. The number of rotatable bonds is 9. The average molecular weight is 452 g/mol. The molecule has 0 amide bonds. The minimum Gasteiger partial charge on any atom is -0.496 e. The van der Waals surface area contributed by atoms with E-state index in [9.17, 15) is 0 Å². The van der Waals surface area contributed by atoms with Gasteiger partial charge in [0.25, 0.3) is 0 Å². The van der Waals surface area contributed by atoms with Gasteiger partial charge in [-0.15, -0.1) is 0 Å². The van der Waals surface area contributed by atoms with Crippen molar-refractivity contribution in [1.82, 2.24) is 5.43 Å². The van der Waals surface area contributed by atoms with E-state index in [1.807, 2.05) is 36.4 Å². The van der Waals surface area contributed by atoms with Crippen LogP contribution in [0.25, 0.3) is 0 Å². The molecule has 0 fully saturated rings. The van der Waals surface area contributed by atoms with Crippen LogP contribution in [0.5, 0.6) is 17.2 Å². The Morgan fingerprint density at radius 1 is 1.16 bits per heavy atom. The minimum atomic E-state index is 0.431. The van der Waals surface area contributed by atoms with Gasteiger partial charge in [0.1, 0.15) is 12.4 Å². The van der Waals surface area contributed by atoms with Gasteiger partial charge in [-0.05, 0) is 46.4 Å². The summed E-state index contributed by atoms with van der Waals surface area (Å²) in [4.78, 5) is 0. The third-order valence-electron chi connectivity index (χ3n) is 3.36. The fourth-order valence-electron chi connectivity index (χ4n) is 2.20. The van der Waals surface area contributed by atoms with Crippen molar-refractivity contribution in [3.05, 3.63) is 63.8 Å². The van der Waals surface area contributed by atoms with E-state index in [0.717, 1.165) is 20.4 Å². The molecule has 2 aromatic rings. The number of nitrogens with one attached hydrogen (secondary N) is 1. The summed E-state index contributed by atoms with van der Waals surface area (Å²) >= 11 is 2.22. The molecule has 0 radical (unpaired) electrons. The first-order valence-electron chi connectivity index (χ1n) is 7.68. The number of hydrazone groups is 1. The molecule has 0 saturated heterocycles. The summed E-state index contributed by atoms with van der Waals surface area (Å²) in [6.45, 7) is 4.67. The van der Waals surface area contributed by atoms with E-state index in [1.54, 1.807) is 26.5 Å². The maximum absolute atomic E-state index is 5.65. The van der Waals surface area contributed by atoms with E-state index >= 15 is 0 Å². The zero-order valence-corrected chi connectivity index (χ0v) is 16.4. The van der Waals surface area contributed by atoms with Gasteiger partial charge in [0, 0.05) is 5.56 Å². The maximum Gasteiger partial charge on any atom is 0.174 e. The normalized spacial score (nSPS) is 10.5. The minimum absolute atomic E-state index is 0.431. The highest BCUT2D eigenvalue weighted by Gasteiger charge is 2.10. The number of para-hydroxylation sites is 1. The first kappa shape index (κ1) is 19.1. The summed E-state index contributed by atoms with van der Waals surface area (Å²) in [6.07, 6.45) is 3.45. The second-order valence-electron chi connectivity index (χ2n) is 5.04.